The maximum Gasteiger partial charge on any atom is 0.129 e. The molecule has 3 nitrogen and oxygen atoms in total. The lowest BCUT2D eigenvalue weighted by Crippen LogP contribution is -1.90. The van der Waals surface area contributed by atoms with E-state index >= 15 is 0 Å². The van der Waals surface area contributed by atoms with Gasteiger partial charge >= 0.3 is 0 Å². The number of benzene rings is 1. The van der Waals surface area contributed by atoms with Crippen LogP contribution >= 0.6 is 11.6 Å². The van der Waals surface area contributed by atoms with E-state index < -0.39 is 0 Å². The van der Waals surface area contributed by atoms with Gasteiger partial charge in [0.15, 0.2) is 0 Å². The fourth-order valence-corrected chi connectivity index (χ4v) is 1.64. The quantitative estimate of drug-likeness (QED) is 0.762. The number of methoxy groups -OCH3 is 1. The molecule has 0 amide bonds. The lowest BCUT2D eigenvalue weighted by molar-refractivity contribution is 0.415. The maximum atomic E-state index is 9.01. The fourth-order valence-electron chi connectivity index (χ4n) is 1.49. The predicted molar refractivity (Wildman–Crippen MR) is 66.0 cm³/mol. The van der Waals surface area contributed by atoms with Gasteiger partial charge in [-0.1, -0.05) is 11.6 Å². The van der Waals surface area contributed by atoms with Crippen molar-refractivity contribution in [2.24, 2.45) is 0 Å². The van der Waals surface area contributed by atoms with Crippen LogP contribution in [-0.2, 0) is 0 Å². The molecule has 1 heterocycles. The van der Waals surface area contributed by atoms with E-state index in [1.165, 1.54) is 0 Å². The largest absolute Gasteiger partial charge is 0.497 e. The molecule has 0 fully saturated rings. The highest BCUT2D eigenvalue weighted by molar-refractivity contribution is 6.29. The van der Waals surface area contributed by atoms with Gasteiger partial charge < -0.3 is 4.74 Å². The fraction of sp³-hybridized carbons (Fsp3) is 0.0769. The summed E-state index contributed by atoms with van der Waals surface area (Å²) in [7, 11) is 1.60. The van der Waals surface area contributed by atoms with Crippen molar-refractivity contribution >= 4 is 11.6 Å². The zero-order chi connectivity index (χ0) is 12.3. The minimum absolute atomic E-state index is 0.370. The summed E-state index contributed by atoms with van der Waals surface area (Å²) in [6, 6.07) is 12.7. The van der Waals surface area contributed by atoms with Gasteiger partial charge in [0.1, 0.15) is 17.0 Å². The minimum Gasteiger partial charge on any atom is -0.497 e. The van der Waals surface area contributed by atoms with Gasteiger partial charge in [-0.05, 0) is 36.4 Å². The highest BCUT2D eigenvalue weighted by Crippen LogP contribution is 2.25. The van der Waals surface area contributed by atoms with E-state index in [4.69, 9.17) is 21.6 Å². The molecule has 1 aromatic carbocycles. The number of hydrogen-bond acceptors (Lipinski definition) is 3. The average Bonchev–Trinajstić information content (AvgIpc) is 2.39. The molecule has 0 bridgehead atoms. The Kier molecular flexibility index (Phi) is 3.27. The molecule has 4 heteroatoms. The van der Waals surface area contributed by atoms with Gasteiger partial charge in [0, 0.05) is 5.56 Å². The first-order chi connectivity index (χ1) is 8.24. The summed E-state index contributed by atoms with van der Waals surface area (Å²) in [5, 5.41) is 9.38. The van der Waals surface area contributed by atoms with Crippen molar-refractivity contribution in [3.63, 3.8) is 0 Å². The summed E-state index contributed by atoms with van der Waals surface area (Å²) in [4.78, 5) is 4.17. The molecule has 0 spiro atoms. The summed E-state index contributed by atoms with van der Waals surface area (Å²) < 4.78 is 5.07. The number of halogens is 1. The SMILES string of the molecule is COc1ccc(-c2nc(Cl)ccc2C#N)cc1. The van der Waals surface area contributed by atoms with Crippen molar-refractivity contribution in [3.05, 3.63) is 47.1 Å². The molecule has 0 aliphatic heterocycles. The van der Waals surface area contributed by atoms with Gasteiger partial charge in [0.2, 0.25) is 0 Å². The van der Waals surface area contributed by atoms with Crippen molar-refractivity contribution in [2.45, 2.75) is 0 Å². The van der Waals surface area contributed by atoms with Gasteiger partial charge in [-0.2, -0.15) is 5.26 Å². The van der Waals surface area contributed by atoms with E-state index in [1.54, 1.807) is 19.2 Å². The zero-order valence-corrected chi connectivity index (χ0v) is 9.90. The molecular formula is C13H9ClN2O. The number of rotatable bonds is 2. The summed E-state index contributed by atoms with van der Waals surface area (Å²) in [6.45, 7) is 0. The van der Waals surface area contributed by atoms with E-state index in [0.29, 0.717) is 16.4 Å². The van der Waals surface area contributed by atoms with E-state index in [-0.39, 0.29) is 0 Å². The average molecular weight is 245 g/mol. The molecule has 0 N–H and O–H groups in total. The smallest absolute Gasteiger partial charge is 0.129 e. The maximum absolute atomic E-state index is 9.01. The molecule has 84 valence electrons. The molecule has 2 aromatic rings. The predicted octanol–water partition coefficient (Wildman–Crippen LogP) is 3.28. The van der Waals surface area contributed by atoms with Crippen LogP contribution < -0.4 is 4.74 Å². The Labute approximate surface area is 104 Å². The third-order valence-corrected chi connectivity index (χ3v) is 2.56. The summed E-state index contributed by atoms with van der Waals surface area (Å²) in [6.07, 6.45) is 0. The Morgan fingerprint density at radius 2 is 1.88 bits per heavy atom. The van der Waals surface area contributed by atoms with Crippen LogP contribution in [0.5, 0.6) is 5.75 Å². The molecule has 1 aromatic heterocycles. The first-order valence-electron chi connectivity index (χ1n) is 4.95. The van der Waals surface area contributed by atoms with E-state index in [2.05, 4.69) is 11.1 Å². The van der Waals surface area contributed by atoms with Crippen LogP contribution in [0.3, 0.4) is 0 Å². The zero-order valence-electron chi connectivity index (χ0n) is 9.14. The van der Waals surface area contributed by atoms with Crippen LogP contribution in [-0.4, -0.2) is 12.1 Å². The third kappa shape index (κ3) is 2.38. The highest BCUT2D eigenvalue weighted by atomic mass is 35.5. The van der Waals surface area contributed by atoms with Gasteiger partial charge in [-0.25, -0.2) is 4.98 Å². The van der Waals surface area contributed by atoms with Gasteiger partial charge in [0.05, 0.1) is 18.4 Å². The van der Waals surface area contributed by atoms with E-state index in [1.807, 2.05) is 24.3 Å². The third-order valence-electron chi connectivity index (χ3n) is 2.35. The molecule has 0 saturated carbocycles. The standard InChI is InChI=1S/C13H9ClN2O/c1-17-11-5-2-9(3-6-11)13-10(8-15)4-7-12(14)16-13/h2-7H,1H3. The lowest BCUT2D eigenvalue weighted by Gasteiger charge is -2.05. The molecular weight excluding hydrogens is 236 g/mol. The summed E-state index contributed by atoms with van der Waals surface area (Å²) >= 11 is 5.84. The molecule has 0 atom stereocenters. The molecule has 0 unspecified atom stereocenters. The van der Waals surface area contributed by atoms with E-state index in [0.717, 1.165) is 11.3 Å². The van der Waals surface area contributed by atoms with Crippen LogP contribution in [0.25, 0.3) is 11.3 Å². The molecule has 0 radical (unpaired) electrons. The molecule has 0 saturated heterocycles. The van der Waals surface area contributed by atoms with Crippen molar-refractivity contribution in [1.29, 1.82) is 5.26 Å². The first kappa shape index (κ1) is 11.4. The van der Waals surface area contributed by atoms with Crippen molar-refractivity contribution in [3.8, 4) is 23.1 Å². The first-order valence-corrected chi connectivity index (χ1v) is 5.33. The number of aromatic nitrogens is 1. The summed E-state index contributed by atoms with van der Waals surface area (Å²) in [5.41, 5.74) is 1.92. The van der Waals surface area contributed by atoms with Crippen molar-refractivity contribution < 1.29 is 4.74 Å². The van der Waals surface area contributed by atoms with Crippen molar-refractivity contribution in [2.75, 3.05) is 7.11 Å². The van der Waals surface area contributed by atoms with Crippen LogP contribution in [0, 0.1) is 11.3 Å². The number of nitrogens with zero attached hydrogens (tertiary/aromatic N) is 2. The number of nitriles is 1. The Bertz CT molecular complexity index is 573. The van der Waals surface area contributed by atoms with Gasteiger partial charge in [-0.15, -0.1) is 0 Å². The number of ether oxygens (including phenoxy) is 1. The highest BCUT2D eigenvalue weighted by Gasteiger charge is 2.07. The second kappa shape index (κ2) is 4.86. The topological polar surface area (TPSA) is 45.9 Å². The molecule has 2 rings (SSSR count). The second-order valence-electron chi connectivity index (χ2n) is 3.37. The van der Waals surface area contributed by atoms with Crippen LogP contribution in [0.15, 0.2) is 36.4 Å². The monoisotopic (exact) mass is 244 g/mol. The van der Waals surface area contributed by atoms with Crippen molar-refractivity contribution in [1.82, 2.24) is 4.98 Å². The normalized spacial score (nSPS) is 9.71. The second-order valence-corrected chi connectivity index (χ2v) is 3.76. The minimum atomic E-state index is 0.370. The summed E-state index contributed by atoms with van der Waals surface area (Å²) in [5.74, 6) is 0.759. The number of pyridine rings is 1. The van der Waals surface area contributed by atoms with E-state index in [9.17, 15) is 0 Å². The molecule has 0 aliphatic carbocycles. The Morgan fingerprint density at radius 3 is 2.47 bits per heavy atom. The van der Waals surface area contributed by atoms with Crippen LogP contribution in [0.2, 0.25) is 5.15 Å². The Balaban J connectivity index is 2.52. The van der Waals surface area contributed by atoms with Crippen LogP contribution in [0.1, 0.15) is 5.56 Å². The Hall–Kier alpha value is -2.05. The number of hydrogen-bond donors (Lipinski definition) is 0. The Morgan fingerprint density at radius 1 is 1.18 bits per heavy atom. The van der Waals surface area contributed by atoms with Crippen LogP contribution in [0.4, 0.5) is 0 Å². The van der Waals surface area contributed by atoms with Gasteiger partial charge in [0.25, 0.3) is 0 Å². The van der Waals surface area contributed by atoms with Gasteiger partial charge in [-0.3, -0.25) is 0 Å². The molecule has 17 heavy (non-hydrogen) atoms. The lowest BCUT2D eigenvalue weighted by atomic mass is 10.1. The molecule has 0 aliphatic rings.